The van der Waals surface area contributed by atoms with E-state index in [1.54, 1.807) is 0 Å². The first kappa shape index (κ1) is 15.5. The molecule has 1 unspecified atom stereocenters. The highest BCUT2D eigenvalue weighted by atomic mass is 35.5. The van der Waals surface area contributed by atoms with Gasteiger partial charge in [-0.25, -0.2) is 9.97 Å². The molecule has 0 amide bonds. The van der Waals surface area contributed by atoms with E-state index < -0.39 is 0 Å². The lowest BCUT2D eigenvalue weighted by Gasteiger charge is -2.37. The van der Waals surface area contributed by atoms with Crippen LogP contribution in [0.25, 0.3) is 0 Å². The summed E-state index contributed by atoms with van der Waals surface area (Å²) in [7, 11) is 4.28. The zero-order valence-corrected chi connectivity index (χ0v) is 13.9. The maximum absolute atomic E-state index is 6.19. The third-order valence-electron chi connectivity index (χ3n) is 3.80. The molecular weight excluding hydrogens is 272 g/mol. The van der Waals surface area contributed by atoms with Crippen molar-refractivity contribution >= 4 is 17.4 Å². The Kier molecular flexibility index (Phi) is 4.55. The molecule has 0 radical (unpaired) electrons. The Morgan fingerprint density at radius 2 is 2.00 bits per heavy atom. The number of piperidine rings is 1. The van der Waals surface area contributed by atoms with Gasteiger partial charge in [0.25, 0.3) is 0 Å². The van der Waals surface area contributed by atoms with Crippen LogP contribution in [0.5, 0.6) is 0 Å². The predicted octanol–water partition coefficient (Wildman–Crippen LogP) is 2.96. The van der Waals surface area contributed by atoms with Crippen LogP contribution in [0.4, 0.5) is 5.82 Å². The molecule has 1 fully saturated rings. The van der Waals surface area contributed by atoms with Crippen LogP contribution < -0.4 is 4.90 Å². The largest absolute Gasteiger partial charge is 0.355 e. The van der Waals surface area contributed by atoms with E-state index in [1.807, 2.05) is 6.07 Å². The van der Waals surface area contributed by atoms with Crippen molar-refractivity contribution in [3.63, 3.8) is 0 Å². The van der Waals surface area contributed by atoms with Gasteiger partial charge in [0.15, 0.2) is 0 Å². The smallest absolute Gasteiger partial charge is 0.137 e. The van der Waals surface area contributed by atoms with Crippen molar-refractivity contribution in [2.75, 3.05) is 32.1 Å². The fraction of sp³-hybridized carbons (Fsp3) is 0.733. The lowest BCUT2D eigenvalue weighted by molar-refractivity contribution is 0.257. The second kappa shape index (κ2) is 5.86. The van der Waals surface area contributed by atoms with Gasteiger partial charge < -0.3 is 9.80 Å². The van der Waals surface area contributed by atoms with E-state index in [0.29, 0.717) is 11.2 Å². The summed E-state index contributed by atoms with van der Waals surface area (Å²) in [6.07, 6.45) is 2.43. The van der Waals surface area contributed by atoms with Crippen LogP contribution in [0.3, 0.4) is 0 Å². The molecule has 1 atom stereocenters. The van der Waals surface area contributed by atoms with Crippen molar-refractivity contribution in [3.05, 3.63) is 17.0 Å². The van der Waals surface area contributed by atoms with E-state index in [0.717, 1.165) is 24.7 Å². The van der Waals surface area contributed by atoms with E-state index in [4.69, 9.17) is 16.6 Å². The molecule has 1 aliphatic rings. The van der Waals surface area contributed by atoms with Gasteiger partial charge in [0.2, 0.25) is 0 Å². The van der Waals surface area contributed by atoms with Crippen molar-refractivity contribution in [3.8, 4) is 0 Å². The molecule has 2 rings (SSSR count). The van der Waals surface area contributed by atoms with Crippen LogP contribution in [-0.4, -0.2) is 48.1 Å². The molecule has 4 nitrogen and oxygen atoms in total. The number of nitrogens with zero attached hydrogens (tertiary/aromatic N) is 4. The molecule has 1 aliphatic heterocycles. The summed E-state index contributed by atoms with van der Waals surface area (Å²) in [6.45, 7) is 8.38. The van der Waals surface area contributed by atoms with Crippen molar-refractivity contribution < 1.29 is 0 Å². The molecule has 1 saturated heterocycles. The molecule has 2 heterocycles. The maximum atomic E-state index is 6.19. The average molecular weight is 297 g/mol. The van der Waals surface area contributed by atoms with E-state index >= 15 is 0 Å². The molecule has 0 N–H and O–H groups in total. The maximum Gasteiger partial charge on any atom is 0.137 e. The van der Waals surface area contributed by atoms with Gasteiger partial charge in [0.1, 0.15) is 16.8 Å². The number of halogens is 1. The zero-order valence-electron chi connectivity index (χ0n) is 13.1. The van der Waals surface area contributed by atoms with Crippen LogP contribution in [-0.2, 0) is 5.41 Å². The number of rotatable bonds is 2. The van der Waals surface area contributed by atoms with E-state index in [1.165, 1.54) is 12.8 Å². The summed E-state index contributed by atoms with van der Waals surface area (Å²) in [5, 5.41) is 0.534. The highest BCUT2D eigenvalue weighted by molar-refractivity contribution is 6.29. The Labute approximate surface area is 127 Å². The molecule has 0 saturated carbocycles. The molecule has 1 aromatic heterocycles. The zero-order chi connectivity index (χ0) is 14.9. The van der Waals surface area contributed by atoms with Gasteiger partial charge in [-0.1, -0.05) is 32.4 Å². The lowest BCUT2D eigenvalue weighted by Crippen LogP contribution is -2.45. The lowest BCUT2D eigenvalue weighted by atomic mass is 9.96. The summed E-state index contributed by atoms with van der Waals surface area (Å²) in [6, 6.07) is 2.46. The van der Waals surface area contributed by atoms with Gasteiger partial charge in [0, 0.05) is 30.6 Å². The van der Waals surface area contributed by atoms with Crippen LogP contribution in [0.15, 0.2) is 6.07 Å². The first-order chi connectivity index (χ1) is 9.27. The van der Waals surface area contributed by atoms with Crippen LogP contribution in [0.2, 0.25) is 5.15 Å². The molecule has 0 bridgehead atoms. The summed E-state index contributed by atoms with van der Waals surface area (Å²) in [5.74, 6) is 1.77. The molecule has 1 aromatic rings. The number of hydrogen-bond acceptors (Lipinski definition) is 4. The Hall–Kier alpha value is -0.870. The summed E-state index contributed by atoms with van der Waals surface area (Å²) < 4.78 is 0. The van der Waals surface area contributed by atoms with Gasteiger partial charge in [-0.3, -0.25) is 0 Å². The fourth-order valence-corrected chi connectivity index (χ4v) is 2.67. The van der Waals surface area contributed by atoms with E-state index in [-0.39, 0.29) is 5.41 Å². The van der Waals surface area contributed by atoms with Crippen molar-refractivity contribution in [1.29, 1.82) is 0 Å². The molecular formula is C15H25ClN4. The van der Waals surface area contributed by atoms with Crippen LogP contribution >= 0.6 is 11.6 Å². The monoisotopic (exact) mass is 296 g/mol. The van der Waals surface area contributed by atoms with Gasteiger partial charge in [-0.15, -0.1) is 0 Å². The van der Waals surface area contributed by atoms with E-state index in [9.17, 15) is 0 Å². The van der Waals surface area contributed by atoms with Crippen molar-refractivity contribution in [1.82, 2.24) is 14.9 Å². The third-order valence-corrected chi connectivity index (χ3v) is 4.00. The minimum Gasteiger partial charge on any atom is -0.355 e. The minimum absolute atomic E-state index is 0.0869. The molecule has 0 aromatic carbocycles. The van der Waals surface area contributed by atoms with Gasteiger partial charge in [0.05, 0.1) is 0 Å². The number of likely N-dealkylation sites (N-methyl/N-ethyl adjacent to an activating group) is 1. The molecule has 0 spiro atoms. The third kappa shape index (κ3) is 3.61. The standard InChI is InChI=1S/C15H25ClN4/c1-15(2,3)14-17-12(16)9-13(18-14)20-8-6-7-11(10-20)19(4)5/h9,11H,6-8,10H2,1-5H3. The Morgan fingerprint density at radius 3 is 2.60 bits per heavy atom. The Bertz CT molecular complexity index is 467. The Morgan fingerprint density at radius 1 is 1.30 bits per heavy atom. The average Bonchev–Trinajstić information content (AvgIpc) is 2.37. The first-order valence-electron chi connectivity index (χ1n) is 7.24. The molecule has 5 heteroatoms. The topological polar surface area (TPSA) is 32.3 Å². The van der Waals surface area contributed by atoms with E-state index in [2.05, 4.69) is 49.7 Å². The second-order valence-corrected chi connectivity index (χ2v) is 7.22. The highest BCUT2D eigenvalue weighted by Crippen LogP contribution is 2.26. The Balaban J connectivity index is 2.26. The van der Waals surface area contributed by atoms with Gasteiger partial charge in [-0.2, -0.15) is 0 Å². The van der Waals surface area contributed by atoms with Crippen molar-refractivity contribution in [2.45, 2.75) is 45.1 Å². The quantitative estimate of drug-likeness (QED) is 0.786. The summed E-state index contributed by atoms with van der Waals surface area (Å²) in [4.78, 5) is 13.7. The van der Waals surface area contributed by atoms with Gasteiger partial charge >= 0.3 is 0 Å². The fourth-order valence-electron chi connectivity index (χ4n) is 2.49. The molecule has 112 valence electrons. The normalized spacial score (nSPS) is 20.6. The number of anilines is 1. The molecule has 0 aliphatic carbocycles. The predicted molar refractivity (Wildman–Crippen MR) is 84.7 cm³/mol. The summed E-state index contributed by atoms with van der Waals surface area (Å²) >= 11 is 6.19. The SMILES string of the molecule is CN(C)C1CCCN(c2cc(Cl)nc(C(C)(C)C)n2)C1. The minimum atomic E-state index is -0.0869. The highest BCUT2D eigenvalue weighted by Gasteiger charge is 2.25. The first-order valence-corrected chi connectivity index (χ1v) is 7.61. The van der Waals surface area contributed by atoms with Crippen molar-refractivity contribution in [2.24, 2.45) is 0 Å². The van der Waals surface area contributed by atoms with Crippen LogP contribution in [0.1, 0.15) is 39.4 Å². The van der Waals surface area contributed by atoms with Crippen LogP contribution in [0, 0.1) is 0 Å². The summed E-state index contributed by atoms with van der Waals surface area (Å²) in [5.41, 5.74) is -0.0869. The van der Waals surface area contributed by atoms with Gasteiger partial charge in [-0.05, 0) is 26.9 Å². The second-order valence-electron chi connectivity index (χ2n) is 6.83. The number of aromatic nitrogens is 2. The molecule has 20 heavy (non-hydrogen) atoms. The number of hydrogen-bond donors (Lipinski definition) is 0.